The molecule has 0 aliphatic heterocycles. The summed E-state index contributed by atoms with van der Waals surface area (Å²) in [5.41, 5.74) is 6.36. The quantitative estimate of drug-likeness (QED) is 0.805. The number of rotatable bonds is 4. The van der Waals surface area contributed by atoms with Crippen LogP contribution in [0, 0.1) is 0 Å². The van der Waals surface area contributed by atoms with E-state index in [1.165, 1.54) is 11.0 Å². The molecule has 0 aromatic heterocycles. The minimum atomic E-state index is -0.310. The second-order valence-electron chi connectivity index (χ2n) is 4.03. The first kappa shape index (κ1) is 14.3. The number of amides is 2. The SMILES string of the molecule is CN(C)C(=O)CCNC(=O)c1ccc(Cl)cc1N. The van der Waals surface area contributed by atoms with Crippen molar-refractivity contribution in [1.82, 2.24) is 10.2 Å². The van der Waals surface area contributed by atoms with Gasteiger partial charge in [-0.2, -0.15) is 0 Å². The molecule has 0 bridgehead atoms. The highest BCUT2D eigenvalue weighted by Gasteiger charge is 2.10. The van der Waals surface area contributed by atoms with Crippen LogP contribution in [0.2, 0.25) is 5.02 Å². The predicted molar refractivity (Wildman–Crippen MR) is 71.5 cm³/mol. The second kappa shape index (κ2) is 6.26. The van der Waals surface area contributed by atoms with Crippen molar-refractivity contribution in [3.8, 4) is 0 Å². The fraction of sp³-hybridized carbons (Fsp3) is 0.333. The molecular formula is C12H16ClN3O2. The third kappa shape index (κ3) is 3.92. The summed E-state index contributed by atoms with van der Waals surface area (Å²) in [6, 6.07) is 4.67. The zero-order valence-corrected chi connectivity index (χ0v) is 11.1. The fourth-order valence-electron chi connectivity index (χ4n) is 1.34. The van der Waals surface area contributed by atoms with Crippen LogP contribution in [0.5, 0.6) is 0 Å². The van der Waals surface area contributed by atoms with Crippen molar-refractivity contribution in [2.45, 2.75) is 6.42 Å². The lowest BCUT2D eigenvalue weighted by Gasteiger charge is -2.11. The van der Waals surface area contributed by atoms with E-state index in [0.29, 0.717) is 16.3 Å². The van der Waals surface area contributed by atoms with Gasteiger partial charge in [0.1, 0.15) is 0 Å². The van der Waals surface area contributed by atoms with Gasteiger partial charge in [0.05, 0.1) is 5.56 Å². The van der Waals surface area contributed by atoms with Gasteiger partial charge in [-0.05, 0) is 18.2 Å². The first-order valence-electron chi connectivity index (χ1n) is 5.45. The molecule has 0 saturated heterocycles. The van der Waals surface area contributed by atoms with E-state index in [1.807, 2.05) is 0 Å². The average Bonchev–Trinajstić information content (AvgIpc) is 2.28. The molecule has 0 radical (unpaired) electrons. The van der Waals surface area contributed by atoms with Gasteiger partial charge in [-0.3, -0.25) is 9.59 Å². The number of carbonyl (C=O) groups is 2. The molecule has 0 unspecified atom stereocenters. The molecule has 1 aromatic carbocycles. The number of anilines is 1. The summed E-state index contributed by atoms with van der Waals surface area (Å²) >= 11 is 5.74. The Balaban J connectivity index is 2.53. The lowest BCUT2D eigenvalue weighted by molar-refractivity contribution is -0.128. The molecular weight excluding hydrogens is 254 g/mol. The van der Waals surface area contributed by atoms with Gasteiger partial charge in [0.2, 0.25) is 5.91 Å². The Bertz CT molecular complexity index is 461. The zero-order valence-electron chi connectivity index (χ0n) is 10.4. The van der Waals surface area contributed by atoms with Crippen molar-refractivity contribution in [3.63, 3.8) is 0 Å². The molecule has 0 spiro atoms. The minimum absolute atomic E-state index is 0.0422. The number of nitrogens with two attached hydrogens (primary N) is 1. The van der Waals surface area contributed by atoms with Gasteiger partial charge < -0.3 is 16.0 Å². The van der Waals surface area contributed by atoms with Crippen LogP contribution in [-0.2, 0) is 4.79 Å². The normalized spacial score (nSPS) is 9.94. The number of nitrogens with zero attached hydrogens (tertiary/aromatic N) is 1. The molecule has 2 amide bonds. The number of nitrogens with one attached hydrogen (secondary N) is 1. The number of halogens is 1. The van der Waals surface area contributed by atoms with E-state index < -0.39 is 0 Å². The minimum Gasteiger partial charge on any atom is -0.398 e. The third-order valence-electron chi connectivity index (χ3n) is 2.38. The van der Waals surface area contributed by atoms with Crippen LogP contribution in [0.3, 0.4) is 0 Å². The van der Waals surface area contributed by atoms with Crippen molar-refractivity contribution in [3.05, 3.63) is 28.8 Å². The van der Waals surface area contributed by atoms with E-state index >= 15 is 0 Å². The van der Waals surface area contributed by atoms with Crippen LogP contribution in [0.25, 0.3) is 0 Å². The summed E-state index contributed by atoms with van der Waals surface area (Å²) in [6.07, 6.45) is 0.256. The van der Waals surface area contributed by atoms with Gasteiger partial charge in [-0.1, -0.05) is 11.6 Å². The van der Waals surface area contributed by atoms with Crippen molar-refractivity contribution >= 4 is 29.1 Å². The average molecular weight is 270 g/mol. The van der Waals surface area contributed by atoms with Crippen molar-refractivity contribution in [2.24, 2.45) is 0 Å². The topological polar surface area (TPSA) is 75.4 Å². The van der Waals surface area contributed by atoms with E-state index in [0.717, 1.165) is 0 Å². The molecule has 6 heteroatoms. The van der Waals surface area contributed by atoms with Crippen LogP contribution in [0.4, 0.5) is 5.69 Å². The Morgan fingerprint density at radius 1 is 1.39 bits per heavy atom. The molecule has 1 rings (SSSR count). The molecule has 0 saturated carbocycles. The van der Waals surface area contributed by atoms with Gasteiger partial charge in [-0.15, -0.1) is 0 Å². The van der Waals surface area contributed by atoms with E-state index in [4.69, 9.17) is 17.3 Å². The summed E-state index contributed by atoms with van der Waals surface area (Å²) in [5.74, 6) is -0.352. The van der Waals surface area contributed by atoms with Crippen LogP contribution in [0.1, 0.15) is 16.8 Å². The van der Waals surface area contributed by atoms with E-state index in [-0.39, 0.29) is 24.8 Å². The summed E-state index contributed by atoms with van der Waals surface area (Å²) < 4.78 is 0. The number of hydrogen-bond donors (Lipinski definition) is 2. The van der Waals surface area contributed by atoms with Crippen molar-refractivity contribution in [1.29, 1.82) is 0 Å². The number of nitrogen functional groups attached to an aromatic ring is 1. The Hall–Kier alpha value is -1.75. The van der Waals surface area contributed by atoms with Crippen LogP contribution >= 0.6 is 11.6 Å². The van der Waals surface area contributed by atoms with Crippen LogP contribution < -0.4 is 11.1 Å². The standard InChI is InChI=1S/C12H16ClN3O2/c1-16(2)11(17)5-6-15-12(18)9-4-3-8(13)7-10(9)14/h3-4,7H,5-6,14H2,1-2H3,(H,15,18). The molecule has 18 heavy (non-hydrogen) atoms. The van der Waals surface area contributed by atoms with Gasteiger partial charge in [0.25, 0.3) is 5.91 Å². The number of hydrogen-bond acceptors (Lipinski definition) is 3. The molecule has 0 heterocycles. The van der Waals surface area contributed by atoms with Gasteiger partial charge >= 0.3 is 0 Å². The molecule has 98 valence electrons. The summed E-state index contributed by atoms with van der Waals surface area (Å²) in [7, 11) is 3.34. The van der Waals surface area contributed by atoms with Crippen molar-refractivity contribution < 1.29 is 9.59 Å². The first-order chi connectivity index (χ1) is 8.41. The smallest absolute Gasteiger partial charge is 0.253 e. The highest BCUT2D eigenvalue weighted by molar-refractivity contribution is 6.31. The Morgan fingerprint density at radius 2 is 2.06 bits per heavy atom. The highest BCUT2D eigenvalue weighted by atomic mass is 35.5. The molecule has 0 aliphatic carbocycles. The highest BCUT2D eigenvalue weighted by Crippen LogP contribution is 2.17. The third-order valence-corrected chi connectivity index (χ3v) is 2.62. The van der Waals surface area contributed by atoms with E-state index in [1.54, 1.807) is 26.2 Å². The van der Waals surface area contributed by atoms with Gasteiger partial charge in [0, 0.05) is 37.8 Å². The fourth-order valence-corrected chi connectivity index (χ4v) is 1.52. The summed E-state index contributed by atoms with van der Waals surface area (Å²) in [4.78, 5) is 24.5. The van der Waals surface area contributed by atoms with Crippen molar-refractivity contribution in [2.75, 3.05) is 26.4 Å². The van der Waals surface area contributed by atoms with Crippen LogP contribution in [0.15, 0.2) is 18.2 Å². The monoisotopic (exact) mass is 269 g/mol. The summed E-state index contributed by atoms with van der Waals surface area (Å²) in [5, 5.41) is 3.11. The number of benzene rings is 1. The van der Waals surface area contributed by atoms with Gasteiger partial charge in [-0.25, -0.2) is 0 Å². The summed E-state index contributed by atoms with van der Waals surface area (Å²) in [6.45, 7) is 0.276. The largest absolute Gasteiger partial charge is 0.398 e. The molecule has 0 aliphatic rings. The Morgan fingerprint density at radius 3 is 2.61 bits per heavy atom. The van der Waals surface area contributed by atoms with Gasteiger partial charge in [0.15, 0.2) is 0 Å². The molecule has 3 N–H and O–H groups in total. The maximum atomic E-state index is 11.8. The van der Waals surface area contributed by atoms with Crippen LogP contribution in [-0.4, -0.2) is 37.4 Å². The van der Waals surface area contributed by atoms with E-state index in [2.05, 4.69) is 5.32 Å². The second-order valence-corrected chi connectivity index (χ2v) is 4.46. The number of carbonyl (C=O) groups excluding carboxylic acids is 2. The zero-order chi connectivity index (χ0) is 13.7. The van der Waals surface area contributed by atoms with E-state index in [9.17, 15) is 9.59 Å². The maximum Gasteiger partial charge on any atom is 0.253 e. The molecule has 0 fully saturated rings. The first-order valence-corrected chi connectivity index (χ1v) is 5.83. The Labute approximate surface area is 111 Å². The molecule has 5 nitrogen and oxygen atoms in total. The lowest BCUT2D eigenvalue weighted by atomic mass is 10.1. The molecule has 0 atom stereocenters. The Kier molecular flexibility index (Phi) is 4.97. The lowest BCUT2D eigenvalue weighted by Crippen LogP contribution is -2.30. The molecule has 1 aromatic rings. The predicted octanol–water partition coefficient (Wildman–Crippen LogP) is 1.13. The maximum absolute atomic E-state index is 11.8.